The molecule has 0 aliphatic rings. The van der Waals surface area contributed by atoms with Gasteiger partial charge in [-0.05, 0) is 12.8 Å². The average molecular weight is 111 g/mol. The summed E-state index contributed by atoms with van der Waals surface area (Å²) in [6.07, 6.45) is 3.49. The highest BCUT2D eigenvalue weighted by Crippen LogP contribution is 1.87. The molecule has 2 nitrogen and oxygen atoms in total. The summed E-state index contributed by atoms with van der Waals surface area (Å²) in [5.74, 6) is 0. The van der Waals surface area contributed by atoms with Gasteiger partial charge in [-0.25, -0.2) is 0 Å². The molecule has 0 aromatic rings. The lowest BCUT2D eigenvalue weighted by molar-refractivity contribution is -0.102. The molecule has 0 aliphatic heterocycles. The molecule has 1 N–H and O–H groups in total. The molecule has 0 atom stereocenters. The topological polar surface area (TPSA) is 40.9 Å². The number of carbonyl (C=O) groups excluding carboxylic acids is 1. The van der Waals surface area contributed by atoms with Gasteiger partial charge in [0.1, 0.15) is 0 Å². The highest BCUT2D eigenvalue weighted by atomic mass is 16.1. The van der Waals surface area contributed by atoms with Crippen molar-refractivity contribution in [2.45, 2.75) is 12.8 Å². The van der Waals surface area contributed by atoms with Crippen molar-refractivity contribution in [1.29, 1.82) is 5.41 Å². The van der Waals surface area contributed by atoms with Crippen LogP contribution in [0.2, 0.25) is 0 Å². The Bertz CT molecular complexity index is 107. The van der Waals surface area contributed by atoms with Crippen molar-refractivity contribution in [3.05, 3.63) is 12.7 Å². The third kappa shape index (κ3) is 3.28. The zero-order chi connectivity index (χ0) is 6.41. The third-order valence-electron chi connectivity index (χ3n) is 0.760. The van der Waals surface area contributed by atoms with Gasteiger partial charge in [0.15, 0.2) is 6.29 Å². The van der Waals surface area contributed by atoms with E-state index in [0.29, 0.717) is 12.7 Å². The van der Waals surface area contributed by atoms with Gasteiger partial charge in [-0.3, -0.25) is 4.79 Å². The molecule has 0 rings (SSSR count). The minimum Gasteiger partial charge on any atom is -0.302 e. The molecule has 0 saturated carbocycles. The standard InChI is InChI=1S/C6H9NO/c1-2-3-4-6(7)5-8/h2,5,7H,1,3-4H2. The molecule has 0 bridgehead atoms. The van der Waals surface area contributed by atoms with E-state index in [2.05, 4.69) is 6.58 Å². The summed E-state index contributed by atoms with van der Waals surface area (Å²) in [6.45, 7) is 3.45. The fourth-order valence-corrected chi connectivity index (χ4v) is 0.316. The molecule has 8 heavy (non-hydrogen) atoms. The number of hydrogen-bond acceptors (Lipinski definition) is 2. The smallest absolute Gasteiger partial charge is 0.163 e. The highest BCUT2D eigenvalue weighted by molar-refractivity contribution is 6.26. The maximum absolute atomic E-state index is 9.75. The van der Waals surface area contributed by atoms with Gasteiger partial charge in [-0.15, -0.1) is 6.58 Å². The van der Waals surface area contributed by atoms with Gasteiger partial charge in [0.2, 0.25) is 0 Å². The van der Waals surface area contributed by atoms with Crippen molar-refractivity contribution in [2.24, 2.45) is 0 Å². The number of nitrogens with one attached hydrogen (secondary N) is 1. The Morgan fingerprint density at radius 1 is 1.75 bits per heavy atom. The zero-order valence-electron chi connectivity index (χ0n) is 4.68. The monoisotopic (exact) mass is 111 g/mol. The number of carbonyl (C=O) groups is 1. The second-order valence-corrected chi connectivity index (χ2v) is 1.47. The van der Waals surface area contributed by atoms with E-state index in [9.17, 15) is 4.79 Å². The first kappa shape index (κ1) is 7.08. The maximum Gasteiger partial charge on any atom is 0.163 e. The van der Waals surface area contributed by atoms with Gasteiger partial charge in [0.25, 0.3) is 0 Å². The first-order valence-corrected chi connectivity index (χ1v) is 2.44. The largest absolute Gasteiger partial charge is 0.302 e. The highest BCUT2D eigenvalue weighted by Gasteiger charge is 1.88. The summed E-state index contributed by atoms with van der Waals surface area (Å²) in [7, 11) is 0. The average Bonchev–Trinajstić information content (AvgIpc) is 1.83. The Balaban J connectivity index is 3.24. The molecule has 0 unspecified atom stereocenters. The lowest BCUT2D eigenvalue weighted by Crippen LogP contribution is -1.94. The van der Waals surface area contributed by atoms with Crippen LogP contribution in [-0.4, -0.2) is 12.0 Å². The predicted molar refractivity (Wildman–Crippen MR) is 33.2 cm³/mol. The Morgan fingerprint density at radius 3 is 2.75 bits per heavy atom. The van der Waals surface area contributed by atoms with Crippen molar-refractivity contribution in [1.82, 2.24) is 0 Å². The Hall–Kier alpha value is -0.920. The van der Waals surface area contributed by atoms with E-state index in [1.165, 1.54) is 0 Å². The van der Waals surface area contributed by atoms with Gasteiger partial charge in [0, 0.05) is 0 Å². The van der Waals surface area contributed by atoms with Crippen molar-refractivity contribution < 1.29 is 4.79 Å². The van der Waals surface area contributed by atoms with Crippen molar-refractivity contribution in [3.63, 3.8) is 0 Å². The Labute approximate surface area is 48.7 Å². The summed E-state index contributed by atoms with van der Waals surface area (Å²) < 4.78 is 0. The Morgan fingerprint density at radius 2 is 2.38 bits per heavy atom. The van der Waals surface area contributed by atoms with E-state index in [0.717, 1.165) is 6.42 Å². The van der Waals surface area contributed by atoms with Crippen molar-refractivity contribution >= 4 is 12.0 Å². The molecule has 0 heterocycles. The molecule has 0 fully saturated rings. The minimum absolute atomic E-state index is 0.143. The van der Waals surface area contributed by atoms with Gasteiger partial charge >= 0.3 is 0 Å². The number of allylic oxidation sites excluding steroid dienone is 1. The fourth-order valence-electron chi connectivity index (χ4n) is 0.316. The van der Waals surface area contributed by atoms with Crippen LogP contribution in [0.25, 0.3) is 0 Å². The van der Waals surface area contributed by atoms with Crippen LogP contribution in [0.5, 0.6) is 0 Å². The van der Waals surface area contributed by atoms with Crippen molar-refractivity contribution in [2.75, 3.05) is 0 Å². The molecule has 44 valence electrons. The molecular weight excluding hydrogens is 102 g/mol. The lowest BCUT2D eigenvalue weighted by Gasteiger charge is -1.86. The second-order valence-electron chi connectivity index (χ2n) is 1.47. The second kappa shape index (κ2) is 4.24. The molecule has 0 aromatic heterocycles. The van der Waals surface area contributed by atoms with Gasteiger partial charge < -0.3 is 5.41 Å². The zero-order valence-corrected chi connectivity index (χ0v) is 4.68. The van der Waals surface area contributed by atoms with E-state index in [-0.39, 0.29) is 5.71 Å². The van der Waals surface area contributed by atoms with E-state index in [1.54, 1.807) is 6.08 Å². The molecule has 0 radical (unpaired) electrons. The molecule has 0 saturated heterocycles. The van der Waals surface area contributed by atoms with Crippen LogP contribution in [0.4, 0.5) is 0 Å². The van der Waals surface area contributed by atoms with Crippen LogP contribution in [0.1, 0.15) is 12.8 Å². The van der Waals surface area contributed by atoms with Crippen molar-refractivity contribution in [3.8, 4) is 0 Å². The maximum atomic E-state index is 9.75. The van der Waals surface area contributed by atoms with E-state index >= 15 is 0 Å². The van der Waals surface area contributed by atoms with E-state index in [1.807, 2.05) is 0 Å². The molecule has 0 spiro atoms. The van der Waals surface area contributed by atoms with Crippen LogP contribution in [0.3, 0.4) is 0 Å². The van der Waals surface area contributed by atoms with Gasteiger partial charge in [-0.1, -0.05) is 6.08 Å². The molecule has 0 amide bonds. The molecule has 0 aromatic carbocycles. The van der Waals surface area contributed by atoms with E-state index in [4.69, 9.17) is 5.41 Å². The van der Waals surface area contributed by atoms with Crippen LogP contribution in [0.15, 0.2) is 12.7 Å². The van der Waals surface area contributed by atoms with Crippen LogP contribution in [-0.2, 0) is 4.79 Å². The summed E-state index contributed by atoms with van der Waals surface area (Å²) >= 11 is 0. The third-order valence-corrected chi connectivity index (χ3v) is 0.760. The normalized spacial score (nSPS) is 8.00. The Kier molecular flexibility index (Phi) is 3.76. The fraction of sp³-hybridized carbons (Fsp3) is 0.333. The van der Waals surface area contributed by atoms with Gasteiger partial charge in [0.05, 0.1) is 5.71 Å². The summed E-state index contributed by atoms with van der Waals surface area (Å²) in [5.41, 5.74) is 0.143. The predicted octanol–water partition coefficient (Wildman–Crippen LogP) is 1.17. The quantitative estimate of drug-likeness (QED) is 0.330. The van der Waals surface area contributed by atoms with E-state index < -0.39 is 0 Å². The molecular formula is C6H9NO. The molecule has 0 aliphatic carbocycles. The minimum atomic E-state index is 0.143. The van der Waals surface area contributed by atoms with Crippen LogP contribution < -0.4 is 0 Å². The SMILES string of the molecule is C=CCCC(=N)C=O. The lowest BCUT2D eigenvalue weighted by atomic mass is 10.2. The number of hydrogen-bond donors (Lipinski definition) is 1. The number of aldehydes is 1. The van der Waals surface area contributed by atoms with Crippen LogP contribution in [0, 0.1) is 5.41 Å². The molecule has 2 heteroatoms. The first-order valence-electron chi connectivity index (χ1n) is 2.44. The number of rotatable bonds is 4. The van der Waals surface area contributed by atoms with Gasteiger partial charge in [-0.2, -0.15) is 0 Å². The summed E-state index contributed by atoms with van der Waals surface area (Å²) in [6, 6.07) is 0. The first-order chi connectivity index (χ1) is 3.81. The van der Waals surface area contributed by atoms with Crippen LogP contribution >= 0.6 is 0 Å². The summed E-state index contributed by atoms with van der Waals surface area (Å²) in [4.78, 5) is 9.75. The summed E-state index contributed by atoms with van der Waals surface area (Å²) in [5, 5.41) is 6.82.